The van der Waals surface area contributed by atoms with E-state index in [0.717, 1.165) is 19.5 Å². The Labute approximate surface area is 126 Å². The third kappa shape index (κ3) is 3.62. The number of aryl methyl sites for hydroxylation is 1. The summed E-state index contributed by atoms with van der Waals surface area (Å²) in [6.07, 6.45) is 0.799. The van der Waals surface area contributed by atoms with Crippen molar-refractivity contribution >= 4 is 10.0 Å². The molecule has 21 heavy (non-hydrogen) atoms. The molecule has 6 heteroatoms. The van der Waals surface area contributed by atoms with Crippen LogP contribution in [0, 0.1) is 24.2 Å². The maximum absolute atomic E-state index is 12.6. The van der Waals surface area contributed by atoms with Gasteiger partial charge in [-0.1, -0.05) is 13.0 Å². The summed E-state index contributed by atoms with van der Waals surface area (Å²) in [4.78, 5) is 2.41. The maximum Gasteiger partial charge on any atom is 0.241 e. The highest BCUT2D eigenvalue weighted by Gasteiger charge is 2.29. The van der Waals surface area contributed by atoms with Crippen molar-refractivity contribution in [2.24, 2.45) is 5.92 Å². The molecule has 0 saturated carbocycles. The summed E-state index contributed by atoms with van der Waals surface area (Å²) in [5, 5.41) is 8.94. The Hall–Kier alpha value is -1.42. The van der Waals surface area contributed by atoms with Gasteiger partial charge in [-0.2, -0.15) is 5.26 Å². The molecule has 0 amide bonds. The summed E-state index contributed by atoms with van der Waals surface area (Å²) in [5.74, 6) is 0.262. The van der Waals surface area contributed by atoms with E-state index in [-0.39, 0.29) is 16.9 Å². The summed E-state index contributed by atoms with van der Waals surface area (Å²) in [6.45, 7) is 5.56. The predicted molar refractivity (Wildman–Crippen MR) is 81.3 cm³/mol. The van der Waals surface area contributed by atoms with Crippen LogP contribution >= 0.6 is 0 Å². The molecule has 0 aliphatic carbocycles. The summed E-state index contributed by atoms with van der Waals surface area (Å²) in [5.41, 5.74) is 1.01. The van der Waals surface area contributed by atoms with Gasteiger partial charge in [0.2, 0.25) is 10.0 Å². The second kappa shape index (κ2) is 6.14. The first kappa shape index (κ1) is 16.0. The predicted octanol–water partition coefficient (Wildman–Crippen LogP) is 1.49. The highest BCUT2D eigenvalue weighted by molar-refractivity contribution is 7.89. The summed E-state index contributed by atoms with van der Waals surface area (Å²) in [7, 11) is -1.55. The lowest BCUT2D eigenvalue weighted by Gasteiger charge is -2.35. The average molecular weight is 307 g/mol. The second-order valence-corrected chi connectivity index (χ2v) is 7.53. The van der Waals surface area contributed by atoms with Gasteiger partial charge in [0.25, 0.3) is 0 Å². The molecular weight excluding hydrogens is 286 g/mol. The molecule has 0 spiro atoms. The van der Waals surface area contributed by atoms with E-state index in [0.29, 0.717) is 11.1 Å². The van der Waals surface area contributed by atoms with Crippen molar-refractivity contribution in [3.05, 3.63) is 29.3 Å². The molecule has 1 aromatic rings. The molecule has 1 aromatic carbocycles. The fourth-order valence-corrected chi connectivity index (χ4v) is 4.40. The van der Waals surface area contributed by atoms with Crippen LogP contribution in [0.15, 0.2) is 23.1 Å². The normalized spacial score (nSPS) is 23.7. The molecule has 1 aliphatic rings. The van der Waals surface area contributed by atoms with Gasteiger partial charge in [0, 0.05) is 12.6 Å². The summed E-state index contributed by atoms with van der Waals surface area (Å²) < 4.78 is 28.0. The zero-order chi connectivity index (χ0) is 15.6. The Morgan fingerprint density at radius 3 is 2.76 bits per heavy atom. The van der Waals surface area contributed by atoms with Crippen LogP contribution in [0.2, 0.25) is 0 Å². The molecule has 2 rings (SSSR count). The average Bonchev–Trinajstić information content (AvgIpc) is 2.42. The van der Waals surface area contributed by atoms with Gasteiger partial charge < -0.3 is 4.90 Å². The van der Waals surface area contributed by atoms with Crippen molar-refractivity contribution in [3.8, 4) is 6.07 Å². The van der Waals surface area contributed by atoms with Gasteiger partial charge in [0.1, 0.15) is 0 Å². The lowest BCUT2D eigenvalue weighted by atomic mass is 9.95. The van der Waals surface area contributed by atoms with Crippen LogP contribution < -0.4 is 4.72 Å². The Balaban J connectivity index is 2.25. The number of hydrogen-bond donors (Lipinski definition) is 1. The van der Waals surface area contributed by atoms with Crippen molar-refractivity contribution in [2.45, 2.75) is 31.2 Å². The third-order valence-corrected chi connectivity index (χ3v) is 5.65. The smallest absolute Gasteiger partial charge is 0.241 e. The standard InChI is InChI=1S/C15H21N3O2S/c1-11-4-5-13(9-16)8-15(11)21(19,20)17-14-6-7-18(3)10-12(14)2/h4-5,8,12,14,17H,6-7,10H2,1-3H3. The second-order valence-electron chi connectivity index (χ2n) is 5.85. The highest BCUT2D eigenvalue weighted by atomic mass is 32.2. The van der Waals surface area contributed by atoms with E-state index in [9.17, 15) is 8.42 Å². The molecule has 2 atom stereocenters. The number of nitrogens with zero attached hydrogens (tertiary/aromatic N) is 2. The minimum atomic E-state index is -3.59. The van der Waals surface area contributed by atoms with Crippen LogP contribution in [0.1, 0.15) is 24.5 Å². The van der Waals surface area contributed by atoms with Crippen molar-refractivity contribution in [1.82, 2.24) is 9.62 Å². The number of sulfonamides is 1. The Morgan fingerprint density at radius 1 is 1.43 bits per heavy atom. The lowest BCUT2D eigenvalue weighted by molar-refractivity contribution is 0.188. The van der Waals surface area contributed by atoms with E-state index in [1.54, 1.807) is 19.1 Å². The summed E-state index contributed by atoms with van der Waals surface area (Å²) >= 11 is 0. The molecule has 0 aromatic heterocycles. The van der Waals surface area contributed by atoms with Gasteiger partial charge in [0.05, 0.1) is 16.5 Å². The van der Waals surface area contributed by atoms with Crippen LogP contribution in [0.5, 0.6) is 0 Å². The number of rotatable bonds is 3. The number of piperidine rings is 1. The first-order valence-electron chi connectivity index (χ1n) is 7.05. The molecule has 1 aliphatic heterocycles. The van der Waals surface area contributed by atoms with Crippen LogP contribution in [-0.4, -0.2) is 39.5 Å². The number of hydrogen-bond acceptors (Lipinski definition) is 4. The zero-order valence-corrected chi connectivity index (χ0v) is 13.4. The number of likely N-dealkylation sites (tertiary alicyclic amines) is 1. The Morgan fingerprint density at radius 2 is 2.14 bits per heavy atom. The molecule has 1 fully saturated rings. The molecule has 1 saturated heterocycles. The van der Waals surface area contributed by atoms with Crippen LogP contribution in [0.4, 0.5) is 0 Å². The molecule has 2 unspecified atom stereocenters. The third-order valence-electron chi connectivity index (χ3n) is 4.02. The first-order valence-corrected chi connectivity index (χ1v) is 8.53. The van der Waals surface area contributed by atoms with Gasteiger partial charge in [-0.05, 0) is 50.6 Å². The molecule has 114 valence electrons. The van der Waals surface area contributed by atoms with E-state index in [1.165, 1.54) is 6.07 Å². The molecule has 1 heterocycles. The molecule has 0 bridgehead atoms. The van der Waals surface area contributed by atoms with Crippen molar-refractivity contribution in [2.75, 3.05) is 20.1 Å². The van der Waals surface area contributed by atoms with E-state index in [1.807, 2.05) is 13.1 Å². The summed E-state index contributed by atoms with van der Waals surface area (Å²) in [6, 6.07) is 6.67. The van der Waals surface area contributed by atoms with Gasteiger partial charge in [0.15, 0.2) is 0 Å². The van der Waals surface area contributed by atoms with Gasteiger partial charge in [-0.15, -0.1) is 0 Å². The first-order chi connectivity index (χ1) is 9.83. The zero-order valence-electron chi connectivity index (χ0n) is 12.6. The van der Waals surface area contributed by atoms with Crippen molar-refractivity contribution in [3.63, 3.8) is 0 Å². The highest BCUT2D eigenvalue weighted by Crippen LogP contribution is 2.21. The Kier molecular flexibility index (Phi) is 4.67. The van der Waals surface area contributed by atoms with E-state index in [2.05, 4.69) is 16.5 Å². The van der Waals surface area contributed by atoms with Gasteiger partial charge in [-0.3, -0.25) is 0 Å². The number of benzene rings is 1. The fraction of sp³-hybridized carbons (Fsp3) is 0.533. The molecule has 1 N–H and O–H groups in total. The minimum absolute atomic E-state index is 0.0589. The van der Waals surface area contributed by atoms with E-state index in [4.69, 9.17) is 5.26 Å². The fourth-order valence-electron chi connectivity index (χ4n) is 2.75. The minimum Gasteiger partial charge on any atom is -0.306 e. The van der Waals surface area contributed by atoms with Crippen LogP contribution in [-0.2, 0) is 10.0 Å². The van der Waals surface area contributed by atoms with Crippen LogP contribution in [0.25, 0.3) is 0 Å². The molecule has 5 nitrogen and oxygen atoms in total. The maximum atomic E-state index is 12.6. The van der Waals surface area contributed by atoms with E-state index < -0.39 is 10.0 Å². The SMILES string of the molecule is Cc1ccc(C#N)cc1S(=O)(=O)NC1CCN(C)CC1C. The lowest BCUT2D eigenvalue weighted by Crippen LogP contribution is -2.48. The monoisotopic (exact) mass is 307 g/mol. The largest absolute Gasteiger partial charge is 0.306 e. The van der Waals surface area contributed by atoms with Crippen LogP contribution in [0.3, 0.4) is 0 Å². The number of nitriles is 1. The Bertz CT molecular complexity index is 664. The van der Waals surface area contributed by atoms with Gasteiger partial charge >= 0.3 is 0 Å². The van der Waals surface area contributed by atoms with E-state index >= 15 is 0 Å². The van der Waals surface area contributed by atoms with Crippen molar-refractivity contribution in [1.29, 1.82) is 5.26 Å². The quantitative estimate of drug-likeness (QED) is 0.918. The molecular formula is C15H21N3O2S. The number of nitrogens with one attached hydrogen (secondary N) is 1. The van der Waals surface area contributed by atoms with Crippen molar-refractivity contribution < 1.29 is 8.42 Å². The van der Waals surface area contributed by atoms with Gasteiger partial charge in [-0.25, -0.2) is 13.1 Å². The topological polar surface area (TPSA) is 73.2 Å². The molecule has 0 radical (unpaired) electrons.